The molecule has 0 heterocycles. The molecule has 0 bridgehead atoms. The van der Waals surface area contributed by atoms with Gasteiger partial charge >= 0.3 is 0 Å². The van der Waals surface area contributed by atoms with E-state index in [0.29, 0.717) is 18.0 Å². The zero-order valence-corrected chi connectivity index (χ0v) is 18.1. The first kappa shape index (κ1) is 23.5. The van der Waals surface area contributed by atoms with E-state index in [1.807, 2.05) is 36.4 Å². The second-order valence-corrected chi connectivity index (χ2v) is 8.24. The molecule has 3 rings (SSSR count). The van der Waals surface area contributed by atoms with Crippen molar-refractivity contribution < 1.29 is 19.5 Å². The standard InChI is InChI=1S/C25H31N3O4/c29-22(19-7-3-1-4-8-19)16-27-25(32)21-13-11-18(12-14-21)15-26-23(30)17-28-24(31)20-9-5-2-6-10-20/h1-10,18,21-22,29H,11-17H2,(H,26,30)(H,27,32)(H,28,31)/t18?,21?,22-/m0/s1. The van der Waals surface area contributed by atoms with E-state index >= 15 is 0 Å². The molecular formula is C25H31N3O4. The minimum absolute atomic E-state index is 0.0221. The molecule has 1 aliphatic rings. The van der Waals surface area contributed by atoms with E-state index in [0.717, 1.165) is 31.2 Å². The number of aliphatic hydroxyl groups is 1. The van der Waals surface area contributed by atoms with Crippen molar-refractivity contribution in [1.29, 1.82) is 0 Å². The molecule has 1 saturated carbocycles. The molecule has 1 fully saturated rings. The van der Waals surface area contributed by atoms with Gasteiger partial charge in [-0.3, -0.25) is 14.4 Å². The van der Waals surface area contributed by atoms with Crippen molar-refractivity contribution >= 4 is 17.7 Å². The first-order valence-electron chi connectivity index (χ1n) is 11.1. The number of benzene rings is 2. The van der Waals surface area contributed by atoms with E-state index in [2.05, 4.69) is 16.0 Å². The maximum atomic E-state index is 12.4. The summed E-state index contributed by atoms with van der Waals surface area (Å²) in [5.41, 5.74) is 1.31. The van der Waals surface area contributed by atoms with Gasteiger partial charge in [-0.15, -0.1) is 0 Å². The van der Waals surface area contributed by atoms with Gasteiger partial charge in [-0.2, -0.15) is 0 Å². The molecule has 7 nitrogen and oxygen atoms in total. The Labute approximate surface area is 188 Å². The minimum Gasteiger partial charge on any atom is -0.387 e. The number of hydrogen-bond donors (Lipinski definition) is 4. The van der Waals surface area contributed by atoms with Crippen LogP contribution in [0.5, 0.6) is 0 Å². The predicted octanol–water partition coefficient (Wildman–Crippen LogP) is 2.19. The number of hydrogen-bond acceptors (Lipinski definition) is 4. The van der Waals surface area contributed by atoms with Crippen LogP contribution in [0, 0.1) is 11.8 Å². The summed E-state index contributed by atoms with van der Waals surface area (Å²) in [4.78, 5) is 36.5. The van der Waals surface area contributed by atoms with Gasteiger partial charge in [0, 0.05) is 24.6 Å². The van der Waals surface area contributed by atoms with Crippen molar-refractivity contribution in [3.05, 3.63) is 71.8 Å². The molecule has 3 amide bonds. The first-order valence-corrected chi connectivity index (χ1v) is 11.1. The highest BCUT2D eigenvalue weighted by atomic mass is 16.3. The molecule has 1 atom stereocenters. The largest absolute Gasteiger partial charge is 0.387 e. The molecule has 1 aliphatic carbocycles. The zero-order valence-electron chi connectivity index (χ0n) is 18.1. The number of rotatable bonds is 9. The monoisotopic (exact) mass is 437 g/mol. The number of amides is 3. The van der Waals surface area contributed by atoms with Crippen LogP contribution in [0.1, 0.15) is 47.7 Å². The second kappa shape index (κ2) is 12.0. The fraction of sp³-hybridized carbons (Fsp3) is 0.400. The van der Waals surface area contributed by atoms with Crippen molar-refractivity contribution in [3.8, 4) is 0 Å². The number of carbonyl (C=O) groups excluding carboxylic acids is 3. The Kier molecular flexibility index (Phi) is 8.80. The van der Waals surface area contributed by atoms with Crippen LogP contribution in [-0.2, 0) is 9.59 Å². The normalized spacial score (nSPS) is 18.9. The first-order chi connectivity index (χ1) is 15.5. The fourth-order valence-corrected chi connectivity index (χ4v) is 3.94. The van der Waals surface area contributed by atoms with Crippen LogP contribution in [-0.4, -0.2) is 42.5 Å². The van der Waals surface area contributed by atoms with Crippen LogP contribution in [0.2, 0.25) is 0 Å². The predicted molar refractivity (Wildman–Crippen MR) is 122 cm³/mol. The maximum Gasteiger partial charge on any atom is 0.251 e. The summed E-state index contributed by atoms with van der Waals surface area (Å²) < 4.78 is 0. The quantitative estimate of drug-likeness (QED) is 0.482. The van der Waals surface area contributed by atoms with Gasteiger partial charge < -0.3 is 21.1 Å². The van der Waals surface area contributed by atoms with Crippen molar-refractivity contribution in [1.82, 2.24) is 16.0 Å². The Bertz CT molecular complexity index is 881. The van der Waals surface area contributed by atoms with Crippen molar-refractivity contribution in [2.45, 2.75) is 31.8 Å². The van der Waals surface area contributed by atoms with Crippen LogP contribution in [0.15, 0.2) is 60.7 Å². The molecule has 7 heteroatoms. The summed E-state index contributed by atoms with van der Waals surface area (Å²) in [6.07, 6.45) is 2.53. The third-order valence-corrected chi connectivity index (χ3v) is 5.90. The number of carbonyl (C=O) groups is 3. The second-order valence-electron chi connectivity index (χ2n) is 8.24. The summed E-state index contributed by atoms with van der Waals surface area (Å²) in [5, 5.41) is 18.5. The maximum absolute atomic E-state index is 12.4. The topological polar surface area (TPSA) is 108 Å². The molecule has 0 aliphatic heterocycles. The van der Waals surface area contributed by atoms with E-state index < -0.39 is 6.10 Å². The van der Waals surface area contributed by atoms with Crippen molar-refractivity contribution in [2.24, 2.45) is 11.8 Å². The molecule has 4 N–H and O–H groups in total. The number of nitrogens with one attached hydrogen (secondary N) is 3. The highest BCUT2D eigenvalue weighted by molar-refractivity contribution is 5.96. The fourth-order valence-electron chi connectivity index (χ4n) is 3.94. The lowest BCUT2D eigenvalue weighted by Crippen LogP contribution is -2.40. The molecule has 2 aromatic carbocycles. The molecular weight excluding hydrogens is 406 g/mol. The third-order valence-electron chi connectivity index (χ3n) is 5.90. The molecule has 0 saturated heterocycles. The Balaban J connectivity index is 1.30. The van der Waals surface area contributed by atoms with Gasteiger partial charge in [0.1, 0.15) is 0 Å². The van der Waals surface area contributed by atoms with Gasteiger partial charge in [-0.05, 0) is 49.3 Å². The lowest BCUT2D eigenvalue weighted by atomic mass is 9.81. The van der Waals surface area contributed by atoms with Gasteiger partial charge in [0.2, 0.25) is 11.8 Å². The summed E-state index contributed by atoms with van der Waals surface area (Å²) in [6, 6.07) is 18.1. The van der Waals surface area contributed by atoms with Crippen LogP contribution in [0.4, 0.5) is 0 Å². The average molecular weight is 438 g/mol. The van der Waals surface area contributed by atoms with E-state index in [4.69, 9.17) is 0 Å². The van der Waals surface area contributed by atoms with Crippen molar-refractivity contribution in [3.63, 3.8) is 0 Å². The van der Waals surface area contributed by atoms with Gasteiger partial charge in [0.15, 0.2) is 0 Å². The van der Waals surface area contributed by atoms with Gasteiger partial charge in [-0.25, -0.2) is 0 Å². The van der Waals surface area contributed by atoms with Crippen LogP contribution in [0.25, 0.3) is 0 Å². The highest BCUT2D eigenvalue weighted by Crippen LogP contribution is 2.28. The van der Waals surface area contributed by atoms with Gasteiger partial charge in [-0.1, -0.05) is 48.5 Å². The Hall–Kier alpha value is -3.19. The molecule has 170 valence electrons. The molecule has 32 heavy (non-hydrogen) atoms. The highest BCUT2D eigenvalue weighted by Gasteiger charge is 2.26. The number of aliphatic hydroxyl groups excluding tert-OH is 1. The molecule has 0 spiro atoms. The molecule has 2 aromatic rings. The lowest BCUT2D eigenvalue weighted by molar-refractivity contribution is -0.127. The van der Waals surface area contributed by atoms with Crippen LogP contribution < -0.4 is 16.0 Å². The van der Waals surface area contributed by atoms with E-state index in [9.17, 15) is 19.5 Å². The summed E-state index contributed by atoms with van der Waals surface area (Å²) in [5.74, 6) is -0.252. The van der Waals surface area contributed by atoms with Gasteiger partial charge in [0.25, 0.3) is 5.91 Å². The van der Waals surface area contributed by atoms with Crippen molar-refractivity contribution in [2.75, 3.05) is 19.6 Å². The SMILES string of the molecule is O=C(CNC(=O)c1ccccc1)NCC1CCC(C(=O)NC[C@H](O)c2ccccc2)CC1. The minimum atomic E-state index is -0.714. The van der Waals surface area contributed by atoms with Crippen LogP contribution in [0.3, 0.4) is 0 Å². The summed E-state index contributed by atoms with van der Waals surface area (Å²) in [7, 11) is 0. The summed E-state index contributed by atoms with van der Waals surface area (Å²) >= 11 is 0. The van der Waals surface area contributed by atoms with E-state index in [1.54, 1.807) is 24.3 Å². The zero-order chi connectivity index (χ0) is 22.8. The Morgan fingerprint density at radius 1 is 0.844 bits per heavy atom. The van der Waals surface area contributed by atoms with E-state index in [1.165, 1.54) is 0 Å². The van der Waals surface area contributed by atoms with E-state index in [-0.39, 0.29) is 36.7 Å². The van der Waals surface area contributed by atoms with Gasteiger partial charge in [0.05, 0.1) is 12.6 Å². The summed E-state index contributed by atoms with van der Waals surface area (Å²) in [6.45, 7) is 0.684. The third kappa shape index (κ3) is 7.20. The Morgan fingerprint density at radius 2 is 1.47 bits per heavy atom. The molecule has 0 unspecified atom stereocenters. The average Bonchev–Trinajstić information content (AvgIpc) is 2.85. The Morgan fingerprint density at radius 3 is 2.12 bits per heavy atom. The smallest absolute Gasteiger partial charge is 0.251 e. The molecule has 0 radical (unpaired) electrons. The van der Waals surface area contributed by atoms with Crippen LogP contribution >= 0.6 is 0 Å². The molecule has 0 aromatic heterocycles. The lowest BCUT2D eigenvalue weighted by Gasteiger charge is -2.28.